The highest BCUT2D eigenvalue weighted by atomic mass is 35.5. The molecule has 1 aliphatic heterocycles. The number of carbonyl (C=O) groups excluding carboxylic acids is 1. The summed E-state index contributed by atoms with van der Waals surface area (Å²) in [5, 5.41) is 6.57. The summed E-state index contributed by atoms with van der Waals surface area (Å²) in [6.07, 6.45) is 2.44. The summed E-state index contributed by atoms with van der Waals surface area (Å²) in [6.45, 7) is 2.78. The maximum Gasteiger partial charge on any atom is 0.234 e. The van der Waals surface area contributed by atoms with Crippen molar-refractivity contribution in [1.29, 1.82) is 0 Å². The lowest BCUT2D eigenvalue weighted by atomic mass is 10.2. The quantitative estimate of drug-likeness (QED) is 0.705. The molecule has 1 amide bonds. The minimum atomic E-state index is -0.0345. The van der Waals surface area contributed by atoms with Gasteiger partial charge in [0.1, 0.15) is 12.4 Å². The first kappa shape index (κ1) is 19.0. The van der Waals surface area contributed by atoms with Gasteiger partial charge in [0.15, 0.2) is 0 Å². The van der Waals surface area contributed by atoms with Crippen LogP contribution in [-0.2, 0) is 9.53 Å². The average Bonchev–Trinajstić information content (AvgIpc) is 2.99. The molecule has 2 N–H and O–H groups in total. The van der Waals surface area contributed by atoms with Crippen LogP contribution in [0.2, 0.25) is 5.02 Å². The number of hydrogen-bond donors (Lipinski definition) is 2. The van der Waals surface area contributed by atoms with Crippen molar-refractivity contribution in [3.8, 4) is 5.75 Å². The van der Waals surface area contributed by atoms with Crippen molar-refractivity contribution in [2.45, 2.75) is 18.9 Å². The van der Waals surface area contributed by atoms with Crippen molar-refractivity contribution in [2.75, 3.05) is 32.8 Å². The van der Waals surface area contributed by atoms with E-state index >= 15 is 0 Å². The monoisotopic (exact) mass is 348 g/mol. The summed E-state index contributed by atoms with van der Waals surface area (Å²) in [6, 6.07) is 7.13. The Balaban J connectivity index is 0.00000242. The third kappa shape index (κ3) is 7.31. The van der Waals surface area contributed by atoms with E-state index in [9.17, 15) is 4.79 Å². The minimum Gasteiger partial charge on any atom is -0.492 e. The molecule has 2 rings (SSSR count). The van der Waals surface area contributed by atoms with Gasteiger partial charge in [-0.25, -0.2) is 0 Å². The molecule has 124 valence electrons. The van der Waals surface area contributed by atoms with Crippen molar-refractivity contribution in [3.63, 3.8) is 0 Å². The molecule has 1 aromatic carbocycles. The van der Waals surface area contributed by atoms with Gasteiger partial charge in [0.05, 0.1) is 19.2 Å². The van der Waals surface area contributed by atoms with Crippen LogP contribution in [0.4, 0.5) is 0 Å². The van der Waals surface area contributed by atoms with E-state index in [-0.39, 0.29) is 24.4 Å². The van der Waals surface area contributed by atoms with Crippen LogP contribution in [0.1, 0.15) is 12.8 Å². The van der Waals surface area contributed by atoms with Gasteiger partial charge in [-0.3, -0.25) is 4.79 Å². The van der Waals surface area contributed by atoms with Crippen molar-refractivity contribution in [1.82, 2.24) is 10.6 Å². The van der Waals surface area contributed by atoms with Crippen molar-refractivity contribution in [2.24, 2.45) is 0 Å². The Hall–Kier alpha value is -1.01. The molecule has 1 unspecified atom stereocenters. The summed E-state index contributed by atoms with van der Waals surface area (Å²) in [5.74, 6) is 0.706. The van der Waals surface area contributed by atoms with Gasteiger partial charge in [-0.1, -0.05) is 11.6 Å². The number of rotatable bonds is 8. The Bertz CT molecular complexity index is 437. The van der Waals surface area contributed by atoms with Gasteiger partial charge in [0, 0.05) is 18.2 Å². The van der Waals surface area contributed by atoms with E-state index in [1.54, 1.807) is 24.3 Å². The van der Waals surface area contributed by atoms with Gasteiger partial charge in [-0.2, -0.15) is 0 Å². The topological polar surface area (TPSA) is 59.6 Å². The van der Waals surface area contributed by atoms with Crippen LogP contribution in [0.5, 0.6) is 5.75 Å². The molecule has 1 saturated heterocycles. The van der Waals surface area contributed by atoms with Gasteiger partial charge in [0.2, 0.25) is 5.91 Å². The fraction of sp³-hybridized carbons (Fsp3) is 0.533. The molecule has 0 spiro atoms. The highest BCUT2D eigenvalue weighted by Crippen LogP contribution is 2.15. The first-order chi connectivity index (χ1) is 10.2. The van der Waals surface area contributed by atoms with Crippen LogP contribution in [0.3, 0.4) is 0 Å². The van der Waals surface area contributed by atoms with Crippen LogP contribution in [0.25, 0.3) is 0 Å². The maximum atomic E-state index is 11.6. The number of nitrogens with one attached hydrogen (secondary N) is 2. The summed E-state index contributed by atoms with van der Waals surface area (Å²) in [4.78, 5) is 11.6. The molecule has 1 heterocycles. The lowest BCUT2D eigenvalue weighted by Gasteiger charge is -2.11. The summed E-state index contributed by atoms with van der Waals surface area (Å²) >= 11 is 5.78. The largest absolute Gasteiger partial charge is 0.492 e. The maximum absolute atomic E-state index is 11.6. The second-order valence-corrected chi connectivity index (χ2v) is 5.35. The number of ether oxygens (including phenoxy) is 2. The number of halogens is 2. The number of hydrogen-bond acceptors (Lipinski definition) is 4. The van der Waals surface area contributed by atoms with Gasteiger partial charge in [-0.15, -0.1) is 12.4 Å². The Kier molecular flexibility index (Phi) is 9.24. The van der Waals surface area contributed by atoms with Crippen LogP contribution in [0, 0.1) is 0 Å². The Labute approximate surface area is 142 Å². The normalized spacial score (nSPS) is 16.9. The fourth-order valence-electron chi connectivity index (χ4n) is 2.10. The van der Waals surface area contributed by atoms with Gasteiger partial charge in [0.25, 0.3) is 0 Å². The van der Waals surface area contributed by atoms with E-state index in [0.29, 0.717) is 24.7 Å². The Morgan fingerprint density at radius 1 is 1.36 bits per heavy atom. The second-order valence-electron chi connectivity index (χ2n) is 4.92. The van der Waals surface area contributed by atoms with E-state index < -0.39 is 0 Å². The van der Waals surface area contributed by atoms with Gasteiger partial charge >= 0.3 is 0 Å². The molecule has 22 heavy (non-hydrogen) atoms. The third-order valence-electron chi connectivity index (χ3n) is 3.19. The Morgan fingerprint density at radius 2 is 2.14 bits per heavy atom. The molecule has 0 aromatic heterocycles. The fourth-order valence-corrected chi connectivity index (χ4v) is 2.23. The summed E-state index contributed by atoms with van der Waals surface area (Å²) < 4.78 is 11.0. The van der Waals surface area contributed by atoms with E-state index in [4.69, 9.17) is 21.1 Å². The number of benzene rings is 1. The smallest absolute Gasteiger partial charge is 0.234 e. The zero-order valence-electron chi connectivity index (χ0n) is 12.3. The first-order valence-electron chi connectivity index (χ1n) is 7.21. The van der Waals surface area contributed by atoms with Gasteiger partial charge < -0.3 is 20.1 Å². The lowest BCUT2D eigenvalue weighted by Crippen LogP contribution is -2.38. The van der Waals surface area contributed by atoms with E-state index in [0.717, 1.165) is 31.7 Å². The van der Waals surface area contributed by atoms with E-state index in [1.807, 2.05) is 0 Å². The number of carbonyl (C=O) groups is 1. The molecular weight excluding hydrogens is 327 g/mol. The van der Waals surface area contributed by atoms with Crippen molar-refractivity contribution >= 4 is 29.9 Å². The molecule has 0 radical (unpaired) electrons. The van der Waals surface area contributed by atoms with Crippen molar-refractivity contribution < 1.29 is 14.3 Å². The number of amides is 1. The van der Waals surface area contributed by atoms with Crippen LogP contribution >= 0.6 is 24.0 Å². The molecule has 1 aromatic rings. The van der Waals surface area contributed by atoms with Crippen molar-refractivity contribution in [3.05, 3.63) is 29.3 Å². The standard InChI is InChI=1S/C15H21ClN2O3.ClH/c16-12-3-5-13(6-4-12)21-9-7-18-15(19)11-17-10-14-2-1-8-20-14;/h3-6,14,17H,1-2,7-11H2,(H,18,19);1H. The second kappa shape index (κ2) is 10.7. The molecule has 7 heteroatoms. The molecule has 0 aliphatic carbocycles. The minimum absolute atomic E-state index is 0. The molecular formula is C15H22Cl2N2O3. The highest BCUT2D eigenvalue weighted by molar-refractivity contribution is 6.30. The molecule has 0 saturated carbocycles. The molecule has 1 fully saturated rings. The van der Waals surface area contributed by atoms with E-state index in [2.05, 4.69) is 10.6 Å². The zero-order chi connectivity index (χ0) is 14.9. The molecule has 1 atom stereocenters. The zero-order valence-corrected chi connectivity index (χ0v) is 13.9. The predicted molar refractivity (Wildman–Crippen MR) is 89.0 cm³/mol. The first-order valence-corrected chi connectivity index (χ1v) is 7.59. The average molecular weight is 349 g/mol. The molecule has 0 bridgehead atoms. The van der Waals surface area contributed by atoms with Gasteiger partial charge in [-0.05, 0) is 37.1 Å². The summed E-state index contributed by atoms with van der Waals surface area (Å²) in [7, 11) is 0. The van der Waals surface area contributed by atoms with E-state index in [1.165, 1.54) is 0 Å². The third-order valence-corrected chi connectivity index (χ3v) is 3.44. The SMILES string of the molecule is Cl.O=C(CNCC1CCCO1)NCCOc1ccc(Cl)cc1. The van der Waals surface area contributed by atoms with Crippen LogP contribution in [-0.4, -0.2) is 44.9 Å². The predicted octanol–water partition coefficient (Wildman–Crippen LogP) is 2.03. The van der Waals surface area contributed by atoms with Crippen LogP contribution < -0.4 is 15.4 Å². The highest BCUT2D eigenvalue weighted by Gasteiger charge is 2.14. The molecule has 5 nitrogen and oxygen atoms in total. The summed E-state index contributed by atoms with van der Waals surface area (Å²) in [5.41, 5.74) is 0. The molecule has 1 aliphatic rings. The van der Waals surface area contributed by atoms with Crippen LogP contribution in [0.15, 0.2) is 24.3 Å². The Morgan fingerprint density at radius 3 is 2.82 bits per heavy atom. The lowest BCUT2D eigenvalue weighted by molar-refractivity contribution is -0.120.